The largest absolute Gasteiger partial charge is 0.407 e. The van der Waals surface area contributed by atoms with Crippen molar-refractivity contribution in [2.75, 3.05) is 5.32 Å². The van der Waals surface area contributed by atoms with Crippen LogP contribution in [-0.4, -0.2) is 12.1 Å². The van der Waals surface area contributed by atoms with Crippen LogP contribution in [0.5, 0.6) is 0 Å². The molecule has 1 aromatic rings. The fraction of sp³-hybridized carbons (Fsp3) is 0.300. The molecule has 94 valence electrons. The molecule has 7 heteroatoms. The second-order valence-electron chi connectivity index (χ2n) is 3.44. The first kappa shape index (κ1) is 13.4. The van der Waals surface area contributed by atoms with Crippen molar-refractivity contribution < 1.29 is 22.4 Å². The van der Waals surface area contributed by atoms with Crippen molar-refractivity contribution in [1.29, 1.82) is 0 Å². The molecule has 0 saturated heterocycles. The van der Waals surface area contributed by atoms with Gasteiger partial charge in [0.05, 0.1) is 5.69 Å². The fourth-order valence-corrected chi connectivity index (χ4v) is 1.20. The number of rotatable bonds is 2. The van der Waals surface area contributed by atoms with Gasteiger partial charge in [0.15, 0.2) is 0 Å². The Labute approximate surface area is 94.6 Å². The van der Waals surface area contributed by atoms with Crippen LogP contribution in [0.1, 0.15) is 18.5 Å². The fourth-order valence-electron chi connectivity index (χ4n) is 1.20. The second-order valence-corrected chi connectivity index (χ2v) is 3.44. The number of carbonyl (C=O) groups excluding carboxylic acids is 1. The summed E-state index contributed by atoms with van der Waals surface area (Å²) in [7, 11) is 0. The smallest absolute Gasteiger partial charge is 0.324 e. The van der Waals surface area contributed by atoms with Crippen molar-refractivity contribution in [1.82, 2.24) is 0 Å². The maximum atomic E-state index is 13.3. The number of carbonyl (C=O) groups is 1. The van der Waals surface area contributed by atoms with Crippen molar-refractivity contribution in [2.45, 2.75) is 19.1 Å². The van der Waals surface area contributed by atoms with E-state index in [4.69, 9.17) is 5.73 Å². The van der Waals surface area contributed by atoms with Crippen LogP contribution in [-0.2, 0) is 4.79 Å². The van der Waals surface area contributed by atoms with Gasteiger partial charge in [-0.25, -0.2) is 4.39 Å². The van der Waals surface area contributed by atoms with Crippen molar-refractivity contribution in [3.63, 3.8) is 0 Å². The van der Waals surface area contributed by atoms with Gasteiger partial charge in [-0.3, -0.25) is 4.79 Å². The van der Waals surface area contributed by atoms with E-state index in [0.717, 1.165) is 19.1 Å². The molecule has 1 rings (SSSR count). The molecule has 0 aliphatic rings. The summed E-state index contributed by atoms with van der Waals surface area (Å²) >= 11 is 0. The molecule has 1 amide bonds. The van der Waals surface area contributed by atoms with Crippen LogP contribution in [0.15, 0.2) is 18.2 Å². The molecule has 0 radical (unpaired) electrons. The Kier molecular flexibility index (Phi) is 3.72. The first-order chi connectivity index (χ1) is 7.71. The molecule has 0 bridgehead atoms. The van der Waals surface area contributed by atoms with Crippen LogP contribution in [0.2, 0.25) is 0 Å². The van der Waals surface area contributed by atoms with Gasteiger partial charge in [-0.2, -0.15) is 13.2 Å². The third kappa shape index (κ3) is 3.42. The van der Waals surface area contributed by atoms with E-state index < -0.39 is 29.5 Å². The Morgan fingerprint density at radius 2 is 2.00 bits per heavy atom. The molecule has 0 unspecified atom stereocenters. The van der Waals surface area contributed by atoms with Gasteiger partial charge in [0, 0.05) is 6.92 Å². The number of nitrogens with two attached hydrogens (primary N) is 1. The highest BCUT2D eigenvalue weighted by molar-refractivity contribution is 5.88. The lowest BCUT2D eigenvalue weighted by Crippen LogP contribution is -2.28. The van der Waals surface area contributed by atoms with E-state index >= 15 is 0 Å². The molecule has 0 saturated carbocycles. The predicted molar refractivity (Wildman–Crippen MR) is 53.7 cm³/mol. The SMILES string of the molecule is CC(=O)Nc1ccc([C@H](N)C(F)(F)F)cc1F. The van der Waals surface area contributed by atoms with Gasteiger partial charge in [-0.15, -0.1) is 0 Å². The minimum absolute atomic E-state index is 0.185. The molecule has 0 aliphatic carbocycles. The van der Waals surface area contributed by atoms with Gasteiger partial charge in [0.25, 0.3) is 0 Å². The molecule has 1 aromatic carbocycles. The van der Waals surface area contributed by atoms with Crippen LogP contribution >= 0.6 is 0 Å². The predicted octanol–water partition coefficient (Wildman–Crippen LogP) is 2.35. The molecular weight excluding hydrogens is 240 g/mol. The minimum atomic E-state index is -4.64. The zero-order valence-corrected chi connectivity index (χ0v) is 8.81. The minimum Gasteiger partial charge on any atom is -0.324 e. The van der Waals surface area contributed by atoms with Gasteiger partial charge in [-0.05, 0) is 17.7 Å². The summed E-state index contributed by atoms with van der Waals surface area (Å²) in [4.78, 5) is 10.7. The number of alkyl halides is 3. The van der Waals surface area contributed by atoms with E-state index in [1.165, 1.54) is 0 Å². The van der Waals surface area contributed by atoms with Crippen LogP contribution in [0.25, 0.3) is 0 Å². The van der Waals surface area contributed by atoms with E-state index in [-0.39, 0.29) is 5.69 Å². The van der Waals surface area contributed by atoms with E-state index in [1.54, 1.807) is 0 Å². The van der Waals surface area contributed by atoms with Crippen molar-refractivity contribution >= 4 is 11.6 Å². The highest BCUT2D eigenvalue weighted by atomic mass is 19.4. The first-order valence-corrected chi connectivity index (χ1v) is 4.61. The van der Waals surface area contributed by atoms with E-state index in [1.807, 2.05) is 0 Å². The number of hydrogen-bond donors (Lipinski definition) is 2. The normalized spacial score (nSPS) is 13.3. The molecule has 0 aromatic heterocycles. The summed E-state index contributed by atoms with van der Waals surface area (Å²) < 4.78 is 50.1. The molecular formula is C10H10F4N2O. The van der Waals surface area contributed by atoms with E-state index in [2.05, 4.69) is 5.32 Å². The topological polar surface area (TPSA) is 55.1 Å². The summed E-state index contributed by atoms with van der Waals surface area (Å²) in [6.45, 7) is 1.16. The summed E-state index contributed by atoms with van der Waals surface area (Å²) in [5, 5.41) is 2.14. The Morgan fingerprint density at radius 1 is 1.41 bits per heavy atom. The lowest BCUT2D eigenvalue weighted by molar-refractivity contribution is -0.149. The van der Waals surface area contributed by atoms with Gasteiger partial charge in [0.1, 0.15) is 11.9 Å². The highest BCUT2D eigenvalue weighted by Gasteiger charge is 2.38. The second kappa shape index (κ2) is 4.70. The standard InChI is InChI=1S/C10H10F4N2O/c1-5(17)16-8-3-2-6(4-7(8)11)9(15)10(12,13)14/h2-4,9H,15H2,1H3,(H,16,17)/t9-/m0/s1. The average Bonchev–Trinajstić information content (AvgIpc) is 2.18. The Morgan fingerprint density at radius 3 is 2.41 bits per heavy atom. The van der Waals surface area contributed by atoms with Gasteiger partial charge >= 0.3 is 6.18 Å². The average molecular weight is 250 g/mol. The summed E-state index contributed by atoms with van der Waals surface area (Å²) in [6, 6.07) is 0.469. The quantitative estimate of drug-likeness (QED) is 0.791. The zero-order valence-electron chi connectivity index (χ0n) is 8.81. The molecule has 0 aliphatic heterocycles. The van der Waals surface area contributed by atoms with Crippen molar-refractivity contribution in [2.24, 2.45) is 5.73 Å². The van der Waals surface area contributed by atoms with Crippen LogP contribution in [0, 0.1) is 5.82 Å². The van der Waals surface area contributed by atoms with Crippen molar-refractivity contribution in [3.05, 3.63) is 29.6 Å². The highest BCUT2D eigenvalue weighted by Crippen LogP contribution is 2.31. The molecule has 0 spiro atoms. The lowest BCUT2D eigenvalue weighted by Gasteiger charge is -2.16. The number of benzene rings is 1. The Hall–Kier alpha value is -1.63. The van der Waals surface area contributed by atoms with E-state index in [9.17, 15) is 22.4 Å². The number of hydrogen-bond acceptors (Lipinski definition) is 2. The van der Waals surface area contributed by atoms with Crippen LogP contribution < -0.4 is 11.1 Å². The summed E-state index contributed by atoms with van der Waals surface area (Å²) in [6.07, 6.45) is -4.64. The van der Waals surface area contributed by atoms with Crippen molar-refractivity contribution in [3.8, 4) is 0 Å². The molecule has 1 atom stereocenters. The lowest BCUT2D eigenvalue weighted by atomic mass is 10.1. The van der Waals surface area contributed by atoms with Gasteiger partial charge in [0.2, 0.25) is 5.91 Å². The van der Waals surface area contributed by atoms with Gasteiger partial charge < -0.3 is 11.1 Å². The zero-order chi connectivity index (χ0) is 13.2. The maximum absolute atomic E-state index is 13.3. The number of amides is 1. The third-order valence-electron chi connectivity index (χ3n) is 2.02. The Balaban J connectivity index is 3.00. The molecule has 3 nitrogen and oxygen atoms in total. The molecule has 17 heavy (non-hydrogen) atoms. The maximum Gasteiger partial charge on any atom is 0.407 e. The number of halogens is 4. The van der Waals surface area contributed by atoms with E-state index in [0.29, 0.717) is 6.07 Å². The Bertz CT molecular complexity index is 431. The number of anilines is 1. The third-order valence-corrected chi connectivity index (χ3v) is 2.02. The van der Waals surface area contributed by atoms with Crippen LogP contribution in [0.3, 0.4) is 0 Å². The molecule has 0 heterocycles. The molecule has 0 fully saturated rings. The molecule has 3 N–H and O–H groups in total. The number of nitrogens with one attached hydrogen (secondary N) is 1. The summed E-state index contributed by atoms with van der Waals surface area (Å²) in [5.41, 5.74) is 4.33. The monoisotopic (exact) mass is 250 g/mol. The first-order valence-electron chi connectivity index (χ1n) is 4.61. The van der Waals surface area contributed by atoms with Crippen LogP contribution in [0.4, 0.5) is 23.2 Å². The van der Waals surface area contributed by atoms with Gasteiger partial charge in [-0.1, -0.05) is 6.07 Å². The summed E-state index contributed by atoms with van der Waals surface area (Å²) in [5.74, 6) is -1.48.